The zero-order valence-corrected chi connectivity index (χ0v) is 10.5. The van der Waals surface area contributed by atoms with Gasteiger partial charge in [0.2, 0.25) is 0 Å². The Hall–Kier alpha value is -0.860. The molecule has 2 nitrogen and oxygen atoms in total. The number of rotatable bonds is 2. The summed E-state index contributed by atoms with van der Waals surface area (Å²) >= 11 is 0. The van der Waals surface area contributed by atoms with Gasteiger partial charge in [0, 0.05) is 24.0 Å². The van der Waals surface area contributed by atoms with Gasteiger partial charge in [-0.15, -0.1) is 0 Å². The molecule has 96 valence electrons. The minimum absolute atomic E-state index is 0.201. The second-order valence-electron chi connectivity index (χ2n) is 6.42. The van der Waals surface area contributed by atoms with Gasteiger partial charge in [0.15, 0.2) is 0 Å². The summed E-state index contributed by atoms with van der Waals surface area (Å²) in [6.45, 7) is 0.401. The summed E-state index contributed by atoms with van der Waals surface area (Å²) in [5.41, 5.74) is 0.473. The molecule has 0 heterocycles. The zero-order valence-electron chi connectivity index (χ0n) is 10.5. The van der Waals surface area contributed by atoms with Crippen molar-refractivity contribution in [3.63, 3.8) is 0 Å². The van der Waals surface area contributed by atoms with Gasteiger partial charge in [-0.05, 0) is 36.5 Å². The van der Waals surface area contributed by atoms with E-state index in [1.807, 2.05) is 0 Å². The third-order valence-corrected chi connectivity index (χ3v) is 6.23. The molecule has 5 aliphatic rings. The zero-order chi connectivity index (χ0) is 12.4. The largest absolute Gasteiger partial charge is 0.396 e. The van der Waals surface area contributed by atoms with Gasteiger partial charge in [0.1, 0.15) is 0 Å². The molecule has 2 heteroatoms. The highest BCUT2D eigenvalue weighted by Gasteiger charge is 2.68. The Morgan fingerprint density at radius 2 is 1.28 bits per heavy atom. The van der Waals surface area contributed by atoms with Crippen LogP contribution < -0.4 is 0 Å². The van der Waals surface area contributed by atoms with Crippen LogP contribution in [0.5, 0.6) is 0 Å². The van der Waals surface area contributed by atoms with Crippen molar-refractivity contribution in [2.24, 2.45) is 34.5 Å². The molecule has 0 aromatic carbocycles. The van der Waals surface area contributed by atoms with E-state index in [9.17, 15) is 10.2 Å². The number of aliphatic hydroxyl groups is 2. The van der Waals surface area contributed by atoms with Crippen LogP contribution in [0.2, 0.25) is 0 Å². The maximum Gasteiger partial charge on any atom is 0.0468 e. The average molecular weight is 244 g/mol. The van der Waals surface area contributed by atoms with Crippen molar-refractivity contribution in [3.05, 3.63) is 36.5 Å². The first kappa shape index (κ1) is 11.0. The predicted octanol–water partition coefficient (Wildman–Crippen LogP) is 1.91. The molecule has 6 atom stereocenters. The van der Waals surface area contributed by atoms with Crippen molar-refractivity contribution >= 4 is 0 Å². The van der Waals surface area contributed by atoms with E-state index in [4.69, 9.17) is 0 Å². The Morgan fingerprint density at radius 1 is 0.833 bits per heavy atom. The highest BCUT2D eigenvalue weighted by molar-refractivity contribution is 5.42. The lowest BCUT2D eigenvalue weighted by molar-refractivity contribution is -0.135. The van der Waals surface area contributed by atoms with Crippen LogP contribution in [-0.4, -0.2) is 23.4 Å². The molecule has 0 spiro atoms. The van der Waals surface area contributed by atoms with E-state index < -0.39 is 0 Å². The number of aliphatic hydroxyl groups excluding tert-OH is 2. The van der Waals surface area contributed by atoms with E-state index in [1.54, 1.807) is 0 Å². The maximum atomic E-state index is 9.74. The molecule has 5 rings (SSSR count). The van der Waals surface area contributed by atoms with E-state index in [0.717, 1.165) is 12.8 Å². The van der Waals surface area contributed by atoms with Gasteiger partial charge < -0.3 is 10.2 Å². The van der Waals surface area contributed by atoms with Crippen molar-refractivity contribution < 1.29 is 10.2 Å². The minimum Gasteiger partial charge on any atom is -0.396 e. The summed E-state index contributed by atoms with van der Waals surface area (Å²) in [6, 6.07) is 0. The highest BCUT2D eigenvalue weighted by Crippen LogP contribution is 2.73. The van der Waals surface area contributed by atoms with E-state index in [-0.39, 0.29) is 35.9 Å². The molecule has 0 saturated heterocycles. The van der Waals surface area contributed by atoms with Crippen molar-refractivity contribution in [3.8, 4) is 0 Å². The topological polar surface area (TPSA) is 40.5 Å². The first-order valence-electron chi connectivity index (χ1n) is 7.04. The highest BCUT2D eigenvalue weighted by atomic mass is 16.3. The lowest BCUT2D eigenvalue weighted by Gasteiger charge is -2.70. The van der Waals surface area contributed by atoms with Crippen molar-refractivity contribution in [2.75, 3.05) is 13.2 Å². The molecule has 5 aliphatic carbocycles. The fraction of sp³-hybridized carbons (Fsp3) is 0.625. The molecule has 1 fully saturated rings. The number of hydrogen-bond donors (Lipinski definition) is 2. The van der Waals surface area contributed by atoms with Gasteiger partial charge in [-0.2, -0.15) is 0 Å². The van der Waals surface area contributed by atoms with Crippen LogP contribution in [0.4, 0.5) is 0 Å². The van der Waals surface area contributed by atoms with Crippen LogP contribution in [0.3, 0.4) is 0 Å². The predicted molar refractivity (Wildman–Crippen MR) is 69.7 cm³/mol. The molecule has 0 aromatic heterocycles. The van der Waals surface area contributed by atoms with Gasteiger partial charge in [-0.3, -0.25) is 0 Å². The molecular formula is C16H20O2. The third kappa shape index (κ3) is 0.927. The second-order valence-corrected chi connectivity index (χ2v) is 6.42. The number of hydrogen-bond acceptors (Lipinski definition) is 2. The molecule has 0 aromatic rings. The van der Waals surface area contributed by atoms with E-state index in [0.29, 0.717) is 11.8 Å². The molecule has 0 radical (unpaired) electrons. The molecule has 0 amide bonds. The van der Waals surface area contributed by atoms with E-state index in [1.165, 1.54) is 0 Å². The summed E-state index contributed by atoms with van der Waals surface area (Å²) in [6.07, 6.45) is 16.2. The van der Waals surface area contributed by atoms with Crippen molar-refractivity contribution in [1.29, 1.82) is 0 Å². The summed E-state index contributed by atoms with van der Waals surface area (Å²) in [4.78, 5) is 0. The first-order valence-corrected chi connectivity index (χ1v) is 7.04. The normalized spacial score (nSPS) is 55.0. The monoisotopic (exact) mass is 244 g/mol. The Bertz CT molecular complexity index is 424. The fourth-order valence-electron chi connectivity index (χ4n) is 5.36. The van der Waals surface area contributed by atoms with Crippen LogP contribution in [0.1, 0.15) is 12.8 Å². The minimum atomic E-state index is 0.201. The molecule has 0 aliphatic heterocycles. The first-order chi connectivity index (χ1) is 8.79. The van der Waals surface area contributed by atoms with Gasteiger partial charge >= 0.3 is 0 Å². The molecule has 18 heavy (non-hydrogen) atoms. The third-order valence-electron chi connectivity index (χ3n) is 6.23. The maximum absolute atomic E-state index is 9.74. The SMILES string of the molecule is OC[C@@H]1[C@H](CO)[C@H]2C=C[C@H]1[C@@]13C=C[C@@]21CC=CC3. The molecular weight excluding hydrogens is 224 g/mol. The van der Waals surface area contributed by atoms with Crippen molar-refractivity contribution in [2.45, 2.75) is 12.8 Å². The lowest BCUT2D eigenvalue weighted by Crippen LogP contribution is -2.66. The standard InChI is InChI=1S/C16H20O2/c17-9-11-12(10-18)14-4-3-13(11)15-5-1-2-6-16(14,15)8-7-15/h1-4,7-8,11-14,17-18H,5-6,9-10H2/t11-,12+,13-,14-,15-,16+/m1/s1. The van der Waals surface area contributed by atoms with Crippen LogP contribution in [0.15, 0.2) is 36.5 Å². The second kappa shape index (κ2) is 3.37. The van der Waals surface area contributed by atoms with E-state index in [2.05, 4.69) is 36.5 Å². The van der Waals surface area contributed by atoms with Crippen LogP contribution >= 0.6 is 0 Å². The average Bonchev–Trinajstić information content (AvgIpc) is 2.40. The Morgan fingerprint density at radius 3 is 1.61 bits per heavy atom. The van der Waals surface area contributed by atoms with Gasteiger partial charge in [0.25, 0.3) is 0 Å². The van der Waals surface area contributed by atoms with Crippen LogP contribution in [-0.2, 0) is 0 Å². The summed E-state index contributed by atoms with van der Waals surface area (Å²) in [7, 11) is 0. The fourth-order valence-corrected chi connectivity index (χ4v) is 5.36. The quantitative estimate of drug-likeness (QED) is 0.728. The van der Waals surface area contributed by atoms with Gasteiger partial charge in [-0.25, -0.2) is 0 Å². The van der Waals surface area contributed by atoms with Crippen LogP contribution in [0, 0.1) is 34.5 Å². The summed E-state index contributed by atoms with van der Waals surface area (Å²) in [5, 5.41) is 19.5. The number of allylic oxidation sites excluding steroid dienone is 6. The molecule has 1 saturated carbocycles. The Balaban J connectivity index is 1.88. The van der Waals surface area contributed by atoms with E-state index >= 15 is 0 Å². The van der Waals surface area contributed by atoms with Crippen LogP contribution in [0.25, 0.3) is 0 Å². The Labute approximate surface area is 108 Å². The lowest BCUT2D eigenvalue weighted by atomic mass is 9.33. The summed E-state index contributed by atoms with van der Waals surface area (Å²) in [5.74, 6) is 1.27. The number of fused-ring (bicyclic) bond motifs is 1. The smallest absolute Gasteiger partial charge is 0.0468 e. The Kier molecular flexibility index (Phi) is 2.06. The molecule has 2 N–H and O–H groups in total. The van der Waals surface area contributed by atoms with Gasteiger partial charge in [0.05, 0.1) is 0 Å². The summed E-state index contributed by atoms with van der Waals surface area (Å²) < 4.78 is 0. The molecule has 2 bridgehead atoms. The molecule has 0 unspecified atom stereocenters. The van der Waals surface area contributed by atoms with Crippen molar-refractivity contribution in [1.82, 2.24) is 0 Å². The van der Waals surface area contributed by atoms with Gasteiger partial charge in [-0.1, -0.05) is 36.5 Å².